The number of para-hydroxylation sites is 2. The van der Waals surface area contributed by atoms with Gasteiger partial charge in [-0.15, -0.1) is 0 Å². The molecular formula is C34H30N2. The minimum absolute atomic E-state index is 0.125. The Bertz CT molecular complexity index is 1680. The van der Waals surface area contributed by atoms with Crippen LogP contribution in [0.1, 0.15) is 43.4 Å². The zero-order valence-electron chi connectivity index (χ0n) is 21.0. The Kier molecular flexibility index (Phi) is 4.56. The number of nitrogens with one attached hydrogen (secondary N) is 1. The lowest BCUT2D eigenvalue weighted by molar-refractivity contribution is 0.591. The van der Waals surface area contributed by atoms with E-state index in [4.69, 9.17) is 0 Å². The first-order valence-corrected chi connectivity index (χ1v) is 12.9. The number of rotatable bonds is 2. The number of anilines is 2. The standard InChI is InChI=1S/C34H30N2/c1-34(2,3)24-15-17-31-28(21-24)27-19-22(13-16-30(27)35-31)23-14-18-33-29(20-23)26-11-7-8-12-32(26)36(33)25-9-5-4-6-10-25/h4-21,29,33,35H,1-3H3. The summed E-state index contributed by atoms with van der Waals surface area (Å²) in [4.78, 5) is 6.10. The predicted molar refractivity (Wildman–Crippen MR) is 153 cm³/mol. The van der Waals surface area contributed by atoms with Crippen LogP contribution in [0.25, 0.3) is 27.4 Å². The maximum absolute atomic E-state index is 3.62. The molecule has 1 aliphatic heterocycles. The highest BCUT2D eigenvalue weighted by Gasteiger charge is 2.38. The second-order valence-electron chi connectivity index (χ2n) is 11.2. The van der Waals surface area contributed by atoms with Crippen molar-refractivity contribution in [1.29, 1.82) is 0 Å². The molecule has 2 atom stereocenters. The van der Waals surface area contributed by atoms with E-state index in [1.807, 2.05) is 0 Å². The van der Waals surface area contributed by atoms with Crippen molar-refractivity contribution in [1.82, 2.24) is 4.98 Å². The Morgan fingerprint density at radius 1 is 0.750 bits per heavy atom. The van der Waals surface area contributed by atoms with Gasteiger partial charge in [0.15, 0.2) is 0 Å². The lowest BCUT2D eigenvalue weighted by Gasteiger charge is -2.29. The van der Waals surface area contributed by atoms with Gasteiger partial charge in [-0.1, -0.05) is 87.5 Å². The number of aromatic amines is 1. The third-order valence-electron chi connectivity index (χ3n) is 7.89. The van der Waals surface area contributed by atoms with E-state index in [0.29, 0.717) is 12.0 Å². The number of hydrogen-bond donors (Lipinski definition) is 1. The molecule has 7 rings (SSSR count). The van der Waals surface area contributed by atoms with Crippen molar-refractivity contribution in [2.75, 3.05) is 4.90 Å². The summed E-state index contributed by atoms with van der Waals surface area (Å²) >= 11 is 0. The van der Waals surface area contributed by atoms with Crippen LogP contribution in [-0.4, -0.2) is 11.0 Å². The largest absolute Gasteiger partial charge is 0.355 e. The van der Waals surface area contributed by atoms with Crippen molar-refractivity contribution in [3.63, 3.8) is 0 Å². The maximum Gasteiger partial charge on any atom is 0.0630 e. The van der Waals surface area contributed by atoms with E-state index < -0.39 is 0 Å². The van der Waals surface area contributed by atoms with Gasteiger partial charge in [0.1, 0.15) is 0 Å². The molecule has 1 aromatic heterocycles. The molecule has 0 radical (unpaired) electrons. The highest BCUT2D eigenvalue weighted by Crippen LogP contribution is 2.49. The molecule has 1 aliphatic carbocycles. The molecule has 2 unspecified atom stereocenters. The molecule has 36 heavy (non-hydrogen) atoms. The van der Waals surface area contributed by atoms with Gasteiger partial charge in [0.05, 0.1) is 6.04 Å². The van der Waals surface area contributed by atoms with Gasteiger partial charge in [0.25, 0.3) is 0 Å². The van der Waals surface area contributed by atoms with Crippen LogP contribution < -0.4 is 4.90 Å². The lowest BCUT2D eigenvalue weighted by Crippen LogP contribution is -2.28. The zero-order valence-corrected chi connectivity index (χ0v) is 21.0. The topological polar surface area (TPSA) is 19.0 Å². The second kappa shape index (κ2) is 7.73. The first-order chi connectivity index (χ1) is 17.5. The van der Waals surface area contributed by atoms with E-state index in [0.717, 1.165) is 0 Å². The zero-order chi connectivity index (χ0) is 24.4. The normalized spacial score (nSPS) is 19.0. The lowest BCUT2D eigenvalue weighted by atomic mass is 9.85. The summed E-state index contributed by atoms with van der Waals surface area (Å²) in [5.41, 5.74) is 10.4. The van der Waals surface area contributed by atoms with Crippen LogP contribution in [0.4, 0.5) is 11.4 Å². The fourth-order valence-electron chi connectivity index (χ4n) is 5.97. The smallest absolute Gasteiger partial charge is 0.0630 e. The van der Waals surface area contributed by atoms with E-state index in [2.05, 4.69) is 140 Å². The van der Waals surface area contributed by atoms with Crippen molar-refractivity contribution in [2.24, 2.45) is 0 Å². The Labute approximate surface area is 212 Å². The monoisotopic (exact) mass is 466 g/mol. The van der Waals surface area contributed by atoms with Crippen LogP contribution in [0.15, 0.2) is 109 Å². The number of fused-ring (bicyclic) bond motifs is 6. The van der Waals surface area contributed by atoms with Gasteiger partial charge >= 0.3 is 0 Å². The van der Waals surface area contributed by atoms with Crippen molar-refractivity contribution in [3.05, 3.63) is 126 Å². The summed E-state index contributed by atoms with van der Waals surface area (Å²) in [5, 5.41) is 2.60. The van der Waals surface area contributed by atoms with Crippen LogP contribution in [0.3, 0.4) is 0 Å². The van der Waals surface area contributed by atoms with Gasteiger partial charge in [-0.2, -0.15) is 0 Å². The molecule has 2 heterocycles. The first kappa shape index (κ1) is 21.3. The van der Waals surface area contributed by atoms with E-state index in [9.17, 15) is 0 Å². The average Bonchev–Trinajstić information content (AvgIpc) is 3.43. The molecule has 0 saturated heterocycles. The Morgan fingerprint density at radius 2 is 1.47 bits per heavy atom. The van der Waals surface area contributed by atoms with Crippen LogP contribution >= 0.6 is 0 Å². The molecule has 0 fully saturated rings. The summed E-state index contributed by atoms with van der Waals surface area (Å²) < 4.78 is 0. The predicted octanol–water partition coefficient (Wildman–Crippen LogP) is 8.88. The van der Waals surface area contributed by atoms with E-state index in [1.165, 1.54) is 55.4 Å². The highest BCUT2D eigenvalue weighted by atomic mass is 15.2. The molecule has 0 saturated carbocycles. The van der Waals surface area contributed by atoms with Crippen LogP contribution in [0.2, 0.25) is 0 Å². The van der Waals surface area contributed by atoms with Crippen LogP contribution in [0.5, 0.6) is 0 Å². The summed E-state index contributed by atoms with van der Waals surface area (Å²) in [6, 6.07) is 33.6. The summed E-state index contributed by atoms with van der Waals surface area (Å²) in [6.07, 6.45) is 7.19. The van der Waals surface area contributed by atoms with Crippen molar-refractivity contribution >= 4 is 38.8 Å². The SMILES string of the molecule is CC(C)(C)c1ccc2[nH]c3ccc(C4=CC5c6ccccc6N(c6ccccc6)C5C=C4)cc3c2c1. The quantitative estimate of drug-likeness (QED) is 0.275. The Hall–Kier alpha value is -4.04. The van der Waals surface area contributed by atoms with Crippen molar-refractivity contribution in [2.45, 2.75) is 38.1 Å². The molecular weight excluding hydrogens is 436 g/mol. The second-order valence-corrected chi connectivity index (χ2v) is 11.2. The van der Waals surface area contributed by atoms with E-state index >= 15 is 0 Å². The van der Waals surface area contributed by atoms with Crippen LogP contribution in [-0.2, 0) is 5.41 Å². The Balaban J connectivity index is 1.33. The van der Waals surface area contributed by atoms with Gasteiger partial charge in [-0.3, -0.25) is 0 Å². The summed E-state index contributed by atoms with van der Waals surface area (Å²) in [5.74, 6) is 0.326. The summed E-state index contributed by atoms with van der Waals surface area (Å²) in [6.45, 7) is 6.84. The molecule has 2 nitrogen and oxygen atoms in total. The molecule has 0 spiro atoms. The van der Waals surface area contributed by atoms with E-state index in [-0.39, 0.29) is 5.41 Å². The molecule has 2 aliphatic rings. The number of H-pyrrole nitrogens is 1. The molecule has 176 valence electrons. The van der Waals surface area contributed by atoms with Crippen molar-refractivity contribution in [3.8, 4) is 0 Å². The van der Waals surface area contributed by atoms with Gasteiger partial charge in [-0.05, 0) is 70.1 Å². The number of nitrogens with zero attached hydrogens (tertiary/aromatic N) is 1. The first-order valence-electron chi connectivity index (χ1n) is 12.9. The fraction of sp³-hybridized carbons (Fsp3) is 0.176. The third-order valence-corrected chi connectivity index (χ3v) is 7.89. The number of hydrogen-bond acceptors (Lipinski definition) is 1. The minimum atomic E-state index is 0.125. The number of allylic oxidation sites excluding steroid dienone is 2. The molecule has 0 amide bonds. The van der Waals surface area contributed by atoms with Gasteiger partial charge in [-0.25, -0.2) is 0 Å². The maximum atomic E-state index is 3.62. The Morgan fingerprint density at radius 3 is 2.28 bits per heavy atom. The number of benzene rings is 4. The van der Waals surface area contributed by atoms with E-state index in [1.54, 1.807) is 0 Å². The summed E-state index contributed by atoms with van der Waals surface area (Å²) in [7, 11) is 0. The average molecular weight is 467 g/mol. The molecule has 1 N–H and O–H groups in total. The minimum Gasteiger partial charge on any atom is -0.355 e. The molecule has 2 heteroatoms. The molecule has 5 aromatic rings. The fourth-order valence-corrected chi connectivity index (χ4v) is 5.97. The van der Waals surface area contributed by atoms with Crippen molar-refractivity contribution < 1.29 is 0 Å². The van der Waals surface area contributed by atoms with Gasteiger partial charge < -0.3 is 9.88 Å². The van der Waals surface area contributed by atoms with Crippen LogP contribution in [0, 0.1) is 0 Å². The van der Waals surface area contributed by atoms with Gasteiger partial charge in [0, 0.05) is 39.1 Å². The highest BCUT2D eigenvalue weighted by molar-refractivity contribution is 6.08. The third kappa shape index (κ3) is 3.25. The van der Waals surface area contributed by atoms with Gasteiger partial charge in [0.2, 0.25) is 0 Å². The number of aromatic nitrogens is 1. The molecule has 0 bridgehead atoms. The molecule has 4 aromatic carbocycles.